The summed E-state index contributed by atoms with van der Waals surface area (Å²) in [5.74, 6) is 0. The highest BCUT2D eigenvalue weighted by atomic mass is 35.5. The predicted molar refractivity (Wildman–Crippen MR) is 48.5 cm³/mol. The summed E-state index contributed by atoms with van der Waals surface area (Å²) < 4.78 is 1.94. The molecule has 0 aromatic carbocycles. The maximum absolute atomic E-state index is 4.76. The molecule has 1 nitrogen and oxygen atoms in total. The minimum absolute atomic E-state index is 0.194. The summed E-state index contributed by atoms with van der Waals surface area (Å²) in [6.45, 7) is 6.21. The molecule has 0 unspecified atom stereocenters. The van der Waals surface area contributed by atoms with Gasteiger partial charge in [-0.05, 0) is 0 Å². The zero-order valence-corrected chi connectivity index (χ0v) is 8.18. The van der Waals surface area contributed by atoms with Crippen LogP contribution in [0.5, 0.6) is 0 Å². The highest BCUT2D eigenvalue weighted by molar-refractivity contribution is 7.77. The Morgan fingerprint density at radius 2 is 1.44 bits per heavy atom. The number of alkyl halides is 2. The Morgan fingerprint density at radius 3 is 1.44 bits per heavy atom. The van der Waals surface area contributed by atoms with Crippen molar-refractivity contribution < 1.29 is 0 Å². The molecule has 0 atom stereocenters. The summed E-state index contributed by atoms with van der Waals surface area (Å²) in [4.78, 5) is 0. The average molecular weight is 190 g/mol. The molecular weight excluding hydrogens is 177 g/mol. The second-order valence-electron chi connectivity index (χ2n) is 1.24. The summed E-state index contributed by atoms with van der Waals surface area (Å²) in [5, 5.41) is 0.194. The van der Waals surface area contributed by atoms with E-state index in [4.69, 9.17) is 23.2 Å². The molecule has 0 aromatic rings. The third-order valence-corrected chi connectivity index (χ3v) is 1.30. The molecule has 0 radical (unpaired) electrons. The maximum atomic E-state index is 4.76. The van der Waals surface area contributed by atoms with E-state index in [-0.39, 0.29) is 5.34 Å². The van der Waals surface area contributed by atoms with Crippen LogP contribution >= 0.6 is 36.0 Å². The van der Waals surface area contributed by atoms with E-state index in [0.717, 1.165) is 13.1 Å². The van der Waals surface area contributed by atoms with Gasteiger partial charge in [-0.15, -0.1) is 23.2 Å². The van der Waals surface area contributed by atoms with Gasteiger partial charge in [0.25, 0.3) is 0 Å². The third-order valence-electron chi connectivity index (χ3n) is 0.730. The van der Waals surface area contributed by atoms with Gasteiger partial charge in [0.15, 0.2) is 0 Å². The Bertz CT molecular complexity index is 41.9. The Balaban J connectivity index is 0. The van der Waals surface area contributed by atoms with Crippen molar-refractivity contribution in [3.8, 4) is 0 Å². The zero-order chi connectivity index (χ0) is 7.70. The van der Waals surface area contributed by atoms with E-state index in [1.807, 2.05) is 4.31 Å². The number of rotatable bonds is 2. The highest BCUT2D eigenvalue weighted by Gasteiger charge is 1.83. The second-order valence-corrected chi connectivity index (χ2v) is 2.61. The van der Waals surface area contributed by atoms with Gasteiger partial charge in [-0.2, -0.15) is 0 Å². The Kier molecular flexibility index (Phi) is 16.3. The molecule has 4 heteroatoms. The largest absolute Gasteiger partial charge is 0.254 e. The quantitative estimate of drug-likeness (QED) is 0.517. The van der Waals surface area contributed by atoms with Crippen LogP contribution < -0.4 is 0 Å². The van der Waals surface area contributed by atoms with E-state index < -0.39 is 0 Å². The van der Waals surface area contributed by atoms with Gasteiger partial charge in [0, 0.05) is 13.1 Å². The van der Waals surface area contributed by atoms with Crippen molar-refractivity contribution in [2.45, 2.75) is 13.8 Å². The molecule has 0 heterocycles. The molecule has 0 rings (SSSR count). The van der Waals surface area contributed by atoms with E-state index in [1.165, 1.54) is 0 Å². The first-order valence-electron chi connectivity index (χ1n) is 2.78. The van der Waals surface area contributed by atoms with Gasteiger partial charge in [-0.1, -0.05) is 26.7 Å². The monoisotopic (exact) mass is 189 g/mol. The smallest absolute Gasteiger partial charge is 0.0967 e. The van der Waals surface area contributed by atoms with Crippen molar-refractivity contribution in [2.75, 3.05) is 18.4 Å². The SMILES string of the molecule is CCN(S)CC.ClCCl. The topological polar surface area (TPSA) is 3.24 Å². The number of thiol groups is 1. The lowest BCUT2D eigenvalue weighted by Gasteiger charge is -2.05. The summed E-state index contributed by atoms with van der Waals surface area (Å²) in [7, 11) is 0. The number of hydrogen-bond acceptors (Lipinski definition) is 2. The van der Waals surface area contributed by atoms with Gasteiger partial charge in [0.1, 0.15) is 0 Å². The van der Waals surface area contributed by atoms with Gasteiger partial charge >= 0.3 is 0 Å². The van der Waals surface area contributed by atoms with Gasteiger partial charge in [0.05, 0.1) is 5.34 Å². The first kappa shape index (κ1) is 12.6. The van der Waals surface area contributed by atoms with E-state index in [2.05, 4.69) is 26.7 Å². The fourth-order valence-corrected chi connectivity index (χ4v) is 0.224. The van der Waals surface area contributed by atoms with Crippen LogP contribution in [-0.2, 0) is 0 Å². The lowest BCUT2D eigenvalue weighted by atomic mass is 10.7. The number of halogens is 2. The molecule has 58 valence electrons. The van der Waals surface area contributed by atoms with Crippen LogP contribution in [-0.4, -0.2) is 22.7 Å². The van der Waals surface area contributed by atoms with Gasteiger partial charge in [0.2, 0.25) is 0 Å². The Labute approximate surface area is 72.9 Å². The molecule has 9 heavy (non-hydrogen) atoms. The van der Waals surface area contributed by atoms with Crippen molar-refractivity contribution in [1.82, 2.24) is 4.31 Å². The standard InChI is InChI=1S/C4H11NS.CH2Cl2/c1-3-5(6)4-2;2-1-3/h6H,3-4H2,1-2H3;1H2. The van der Waals surface area contributed by atoms with Crippen LogP contribution in [0.15, 0.2) is 0 Å². The second kappa shape index (κ2) is 11.7. The molecule has 0 aliphatic rings. The first-order chi connectivity index (χ1) is 4.22. The van der Waals surface area contributed by atoms with Gasteiger partial charge in [-0.3, -0.25) is 4.31 Å². The zero-order valence-electron chi connectivity index (χ0n) is 5.77. The summed E-state index contributed by atoms with van der Waals surface area (Å²) in [6.07, 6.45) is 0. The highest BCUT2D eigenvalue weighted by Crippen LogP contribution is 1.86. The molecule has 0 aliphatic heterocycles. The van der Waals surface area contributed by atoms with Gasteiger partial charge < -0.3 is 0 Å². The predicted octanol–water partition coefficient (Wildman–Crippen LogP) is 2.59. The van der Waals surface area contributed by atoms with Gasteiger partial charge in [-0.25, -0.2) is 0 Å². The molecule has 0 fully saturated rings. The van der Waals surface area contributed by atoms with Crippen molar-refractivity contribution in [1.29, 1.82) is 0 Å². The number of nitrogens with zero attached hydrogens (tertiary/aromatic N) is 1. The molecule has 0 spiro atoms. The van der Waals surface area contributed by atoms with Crippen LogP contribution in [0.25, 0.3) is 0 Å². The van der Waals surface area contributed by atoms with Crippen LogP contribution in [0, 0.1) is 0 Å². The lowest BCUT2D eigenvalue weighted by Crippen LogP contribution is -2.08. The van der Waals surface area contributed by atoms with Crippen molar-refractivity contribution in [3.05, 3.63) is 0 Å². The van der Waals surface area contributed by atoms with Crippen LogP contribution in [0.4, 0.5) is 0 Å². The third kappa shape index (κ3) is 17.6. The van der Waals surface area contributed by atoms with Crippen LogP contribution in [0.2, 0.25) is 0 Å². The molecule has 0 aliphatic carbocycles. The minimum atomic E-state index is 0.194. The van der Waals surface area contributed by atoms with Crippen molar-refractivity contribution in [2.24, 2.45) is 0 Å². The Morgan fingerprint density at radius 1 is 1.22 bits per heavy atom. The summed E-state index contributed by atoms with van der Waals surface area (Å²) >= 11 is 13.6. The molecule has 0 N–H and O–H groups in total. The molecular formula is C5H13Cl2NS. The maximum Gasteiger partial charge on any atom is 0.0967 e. The lowest BCUT2D eigenvalue weighted by molar-refractivity contribution is 0.532. The minimum Gasteiger partial charge on any atom is -0.254 e. The first-order valence-corrected chi connectivity index (χ1v) is 4.25. The molecule has 0 bridgehead atoms. The Hall–Kier alpha value is 0.890. The fourth-order valence-electron chi connectivity index (χ4n) is 0.224. The normalized spacial score (nSPS) is 8.67. The van der Waals surface area contributed by atoms with E-state index in [1.54, 1.807) is 0 Å². The number of hydrogen-bond donors (Lipinski definition) is 1. The van der Waals surface area contributed by atoms with E-state index >= 15 is 0 Å². The average Bonchev–Trinajstić information content (AvgIpc) is 1.88. The van der Waals surface area contributed by atoms with Crippen LogP contribution in [0.1, 0.15) is 13.8 Å². The summed E-state index contributed by atoms with van der Waals surface area (Å²) in [5.41, 5.74) is 0. The molecule has 0 saturated carbocycles. The molecule has 0 aromatic heterocycles. The van der Waals surface area contributed by atoms with Crippen molar-refractivity contribution >= 4 is 36.0 Å². The summed E-state index contributed by atoms with van der Waals surface area (Å²) in [6, 6.07) is 0. The van der Waals surface area contributed by atoms with E-state index in [9.17, 15) is 0 Å². The van der Waals surface area contributed by atoms with Crippen molar-refractivity contribution in [3.63, 3.8) is 0 Å². The molecule has 0 saturated heterocycles. The van der Waals surface area contributed by atoms with E-state index in [0.29, 0.717) is 0 Å². The molecule has 0 amide bonds. The fraction of sp³-hybridized carbons (Fsp3) is 1.00. The van der Waals surface area contributed by atoms with Crippen LogP contribution in [0.3, 0.4) is 0 Å².